The molecule has 2 heterocycles. The highest BCUT2D eigenvalue weighted by molar-refractivity contribution is 6.01. The smallest absolute Gasteiger partial charge is 0.255 e. The molecule has 0 saturated heterocycles. The molecule has 0 atom stereocenters. The van der Waals surface area contributed by atoms with E-state index in [0.29, 0.717) is 29.1 Å². The summed E-state index contributed by atoms with van der Waals surface area (Å²) in [6, 6.07) is 12.2. The third-order valence-corrected chi connectivity index (χ3v) is 5.88. The fourth-order valence-electron chi connectivity index (χ4n) is 4.06. The number of carbonyl (C=O) groups is 1. The van der Waals surface area contributed by atoms with Crippen molar-refractivity contribution in [2.45, 2.75) is 40.5 Å². The Labute approximate surface area is 206 Å². The predicted molar refractivity (Wildman–Crippen MR) is 144 cm³/mol. The van der Waals surface area contributed by atoms with Gasteiger partial charge in [-0.1, -0.05) is 48.9 Å². The van der Waals surface area contributed by atoms with Crippen molar-refractivity contribution in [1.82, 2.24) is 10.3 Å². The Balaban J connectivity index is 2.55. The molecule has 182 valence electrons. The number of rotatable bonds is 7. The minimum atomic E-state index is -0.286. The number of carbonyl (C=O) groups excluding carboxylic acids is 1. The first-order chi connectivity index (χ1) is 16.8. The number of aromatic nitrogens is 1. The number of allylic oxidation sites excluding steroid dienone is 5. The maximum absolute atomic E-state index is 14.0. The Morgan fingerprint density at radius 1 is 1.17 bits per heavy atom. The zero-order valence-corrected chi connectivity index (χ0v) is 21.1. The summed E-state index contributed by atoms with van der Waals surface area (Å²) in [4.78, 5) is 16.6. The second-order valence-electron chi connectivity index (χ2n) is 8.47. The van der Waals surface area contributed by atoms with Crippen LogP contribution in [0.15, 0.2) is 77.6 Å². The van der Waals surface area contributed by atoms with E-state index >= 15 is 0 Å². The largest absolute Gasteiger partial charge is 0.460 e. The lowest BCUT2D eigenvalue weighted by molar-refractivity contribution is 0.0960. The first kappa shape index (κ1) is 25.8. The van der Waals surface area contributed by atoms with Crippen LogP contribution < -0.4 is 5.32 Å². The number of aromatic amines is 1. The van der Waals surface area contributed by atoms with Gasteiger partial charge in [0.25, 0.3) is 5.91 Å². The van der Waals surface area contributed by atoms with E-state index in [2.05, 4.69) is 42.0 Å². The van der Waals surface area contributed by atoms with Crippen molar-refractivity contribution < 1.29 is 13.6 Å². The fourth-order valence-corrected chi connectivity index (χ4v) is 4.06. The van der Waals surface area contributed by atoms with E-state index in [1.54, 1.807) is 26.1 Å². The molecular formula is C30H33FN2O2. The van der Waals surface area contributed by atoms with Crippen LogP contribution in [0, 0.1) is 20.8 Å². The number of benzene rings is 1. The van der Waals surface area contributed by atoms with Crippen LogP contribution in [0.3, 0.4) is 0 Å². The first-order valence-corrected chi connectivity index (χ1v) is 11.8. The molecule has 0 radical (unpaired) electrons. The summed E-state index contributed by atoms with van der Waals surface area (Å²) >= 11 is 0. The average molecular weight is 473 g/mol. The van der Waals surface area contributed by atoms with Gasteiger partial charge < -0.3 is 14.7 Å². The number of halogens is 1. The van der Waals surface area contributed by atoms with Gasteiger partial charge in [-0.2, -0.15) is 0 Å². The van der Waals surface area contributed by atoms with Crippen molar-refractivity contribution >= 4 is 22.4 Å². The van der Waals surface area contributed by atoms with Gasteiger partial charge in [0.2, 0.25) is 0 Å². The molecule has 0 spiro atoms. The highest BCUT2D eigenvalue weighted by Crippen LogP contribution is 2.33. The van der Waals surface area contributed by atoms with E-state index in [4.69, 9.17) is 4.42 Å². The third-order valence-electron chi connectivity index (χ3n) is 5.88. The van der Waals surface area contributed by atoms with E-state index in [-0.39, 0.29) is 18.2 Å². The molecule has 4 nitrogen and oxygen atoms in total. The van der Waals surface area contributed by atoms with Crippen molar-refractivity contribution in [3.8, 4) is 11.1 Å². The van der Waals surface area contributed by atoms with Crippen LogP contribution in [0.4, 0.5) is 4.39 Å². The Hall–Kier alpha value is -3.86. The minimum Gasteiger partial charge on any atom is -0.460 e. The topological polar surface area (TPSA) is 58.0 Å². The van der Waals surface area contributed by atoms with Crippen LogP contribution in [-0.2, 0) is 0 Å². The van der Waals surface area contributed by atoms with Crippen LogP contribution in [0.2, 0.25) is 0 Å². The molecule has 3 rings (SSSR count). The summed E-state index contributed by atoms with van der Waals surface area (Å²) in [5, 5.41) is 3.63. The minimum absolute atomic E-state index is 0.257. The van der Waals surface area contributed by atoms with Crippen LogP contribution >= 0.6 is 0 Å². The zero-order chi connectivity index (χ0) is 25.5. The van der Waals surface area contributed by atoms with Gasteiger partial charge in [-0.05, 0) is 68.5 Å². The number of aryl methyl sites for hydroxylation is 3. The Kier molecular flexibility index (Phi) is 8.48. The summed E-state index contributed by atoms with van der Waals surface area (Å²) in [6.45, 7) is 11.4. The number of hydrogen-bond donors (Lipinski definition) is 2. The molecular weight excluding hydrogens is 439 g/mol. The highest BCUT2D eigenvalue weighted by Gasteiger charge is 2.19. The Morgan fingerprint density at radius 2 is 1.94 bits per heavy atom. The standard InChI is InChI=1S/C30H33FN2O2/c1-7-10-22(13-14-24(31)8-2)29-27(30(34)32-6)20(4)18-26(23-12-9-11-19(3)17-23)28-25(15-16-33-28)21(5)35-29/h7,9,11-18,33H,1,8,10H2,2-6H3,(H,32,34)/b20-18?,22-13+,24-14+,25-21?,28-26?,29-27?. The molecule has 3 aromatic rings. The number of amides is 1. The van der Waals surface area contributed by atoms with Crippen molar-refractivity contribution in [3.05, 3.63) is 101 Å². The molecule has 0 aliphatic carbocycles. The average Bonchev–Trinajstić information content (AvgIpc) is 3.34. The third kappa shape index (κ3) is 5.80. The molecule has 1 aromatic carbocycles. The molecule has 35 heavy (non-hydrogen) atoms. The molecule has 0 unspecified atom stereocenters. The van der Waals surface area contributed by atoms with Gasteiger partial charge in [-0.25, -0.2) is 4.39 Å². The number of nitrogens with one attached hydrogen (secondary N) is 2. The summed E-state index contributed by atoms with van der Waals surface area (Å²) in [5.41, 5.74) is 5.77. The second-order valence-corrected chi connectivity index (χ2v) is 8.47. The fraction of sp³-hybridized carbons (Fsp3) is 0.233. The first-order valence-electron chi connectivity index (χ1n) is 11.8. The van der Waals surface area contributed by atoms with E-state index in [1.165, 1.54) is 6.08 Å². The molecule has 2 aromatic heterocycles. The SMILES string of the molecule is C=CC/C(=C\C=C(\F)CC)c1oc(C)c2cc[nH]c2c(-c2cccc(C)c2)cc(C)c1C(=O)NC. The maximum Gasteiger partial charge on any atom is 0.255 e. The van der Waals surface area contributed by atoms with Crippen LogP contribution in [-0.4, -0.2) is 17.9 Å². The summed E-state index contributed by atoms with van der Waals surface area (Å²) in [5.74, 6) is 0.465. The van der Waals surface area contributed by atoms with Crippen molar-refractivity contribution in [2.24, 2.45) is 0 Å². The molecule has 0 aliphatic rings. The highest BCUT2D eigenvalue weighted by atomic mass is 19.1. The molecule has 2 N–H and O–H groups in total. The monoisotopic (exact) mass is 472 g/mol. The van der Waals surface area contributed by atoms with Crippen LogP contribution in [0.25, 0.3) is 27.6 Å². The van der Waals surface area contributed by atoms with Gasteiger partial charge in [0.05, 0.1) is 16.9 Å². The number of hydrogen-bond acceptors (Lipinski definition) is 2. The summed E-state index contributed by atoms with van der Waals surface area (Å²) in [7, 11) is 1.59. The van der Waals surface area contributed by atoms with Crippen LogP contribution in [0.5, 0.6) is 0 Å². The molecule has 0 aliphatic heterocycles. The van der Waals surface area contributed by atoms with Gasteiger partial charge in [0.1, 0.15) is 11.5 Å². The molecule has 0 bridgehead atoms. The van der Waals surface area contributed by atoms with E-state index in [1.807, 2.05) is 38.2 Å². The zero-order valence-electron chi connectivity index (χ0n) is 21.1. The van der Waals surface area contributed by atoms with E-state index in [0.717, 1.165) is 33.2 Å². The summed E-state index contributed by atoms with van der Waals surface area (Å²) < 4.78 is 20.5. The number of fused-ring (bicyclic) bond motifs is 1. The van der Waals surface area contributed by atoms with Gasteiger partial charge in [-0.15, -0.1) is 6.58 Å². The lowest BCUT2D eigenvalue weighted by Crippen LogP contribution is -2.20. The van der Waals surface area contributed by atoms with Crippen molar-refractivity contribution in [2.75, 3.05) is 7.05 Å². The lowest BCUT2D eigenvalue weighted by Gasteiger charge is -2.11. The van der Waals surface area contributed by atoms with E-state index < -0.39 is 0 Å². The predicted octanol–water partition coefficient (Wildman–Crippen LogP) is 8.06. The maximum atomic E-state index is 14.0. The number of H-pyrrole nitrogens is 1. The van der Waals surface area contributed by atoms with Crippen molar-refractivity contribution in [3.63, 3.8) is 0 Å². The van der Waals surface area contributed by atoms with Crippen molar-refractivity contribution in [1.29, 1.82) is 0 Å². The van der Waals surface area contributed by atoms with E-state index in [9.17, 15) is 9.18 Å². The summed E-state index contributed by atoms with van der Waals surface area (Å²) in [6.07, 6.45) is 7.36. The molecule has 0 saturated carbocycles. The quantitative estimate of drug-likeness (QED) is 0.270. The molecule has 0 fully saturated rings. The molecule has 1 amide bonds. The van der Waals surface area contributed by atoms with Gasteiger partial charge in [-0.3, -0.25) is 4.79 Å². The van der Waals surface area contributed by atoms with Gasteiger partial charge in [0.15, 0.2) is 0 Å². The van der Waals surface area contributed by atoms with Gasteiger partial charge in [0, 0.05) is 24.2 Å². The second kappa shape index (κ2) is 11.5. The van der Waals surface area contributed by atoms with Crippen LogP contribution in [0.1, 0.15) is 52.8 Å². The lowest BCUT2D eigenvalue weighted by atomic mass is 9.97. The normalized spacial score (nSPS) is 11.9. The Morgan fingerprint density at radius 3 is 2.60 bits per heavy atom. The van der Waals surface area contributed by atoms with Gasteiger partial charge >= 0.3 is 0 Å². The Bertz CT molecular complexity index is 1370. The molecule has 5 heteroatoms.